The summed E-state index contributed by atoms with van der Waals surface area (Å²) in [5.41, 5.74) is 0. The molecule has 7 nitrogen and oxygen atoms in total. The topological polar surface area (TPSA) is 81.2 Å². The number of alkyl halides is 3. The number of ether oxygens (including phenoxy) is 3. The molecule has 0 aromatic heterocycles. The van der Waals surface area contributed by atoms with Crippen molar-refractivity contribution in [3.05, 3.63) is 0 Å². The molecule has 1 aliphatic rings. The van der Waals surface area contributed by atoms with E-state index >= 15 is 0 Å². The van der Waals surface area contributed by atoms with Gasteiger partial charge >= 0.3 is 6.09 Å². The first-order valence-corrected chi connectivity index (χ1v) is 11.3. The fraction of sp³-hybridized carbons (Fsp3) is 0.895. The summed E-state index contributed by atoms with van der Waals surface area (Å²) in [6.45, 7) is 1.86. The van der Waals surface area contributed by atoms with Crippen LogP contribution in [0.25, 0.3) is 0 Å². The first-order valence-electron chi connectivity index (χ1n) is 10.2. The summed E-state index contributed by atoms with van der Waals surface area (Å²) in [6.07, 6.45) is 8.51. The van der Waals surface area contributed by atoms with Gasteiger partial charge < -0.3 is 19.5 Å². The van der Waals surface area contributed by atoms with Crippen molar-refractivity contribution in [2.24, 2.45) is 4.99 Å². The van der Waals surface area contributed by atoms with Crippen molar-refractivity contribution < 1.29 is 19.0 Å². The maximum atomic E-state index is 12.0. The highest BCUT2D eigenvalue weighted by molar-refractivity contribution is 6.67. The smallest absolute Gasteiger partial charge is 0.414 e. The lowest BCUT2D eigenvalue weighted by atomic mass is 9.96. The number of nitrogens with one attached hydrogen (secondary N) is 2. The minimum absolute atomic E-state index is 0.0492. The van der Waals surface area contributed by atoms with E-state index in [0.29, 0.717) is 5.96 Å². The lowest BCUT2D eigenvalue weighted by Gasteiger charge is -2.30. The van der Waals surface area contributed by atoms with E-state index < -0.39 is 9.89 Å². The first-order chi connectivity index (χ1) is 13.8. The second-order valence-electron chi connectivity index (χ2n) is 7.21. The summed E-state index contributed by atoms with van der Waals surface area (Å²) >= 11 is 16.8. The minimum atomic E-state index is -1.65. The van der Waals surface area contributed by atoms with Crippen LogP contribution in [0.1, 0.15) is 64.7 Å². The number of carbonyl (C=O) groups excluding carboxylic acids is 1. The molecule has 10 heteroatoms. The van der Waals surface area contributed by atoms with Gasteiger partial charge in [-0.15, -0.1) is 0 Å². The van der Waals surface area contributed by atoms with E-state index in [9.17, 15) is 4.79 Å². The zero-order chi connectivity index (χ0) is 21.7. The molecule has 0 saturated heterocycles. The largest absolute Gasteiger partial charge is 0.445 e. The van der Waals surface area contributed by atoms with Crippen LogP contribution in [0.15, 0.2) is 4.99 Å². The molecule has 170 valence electrons. The standard InChI is InChI=1S/C19H34Cl3N3O4/c1-4-5-6-7-8-9-14-12-15(10-11-16(27-2)28-3)24-17(23-14)25-18(26)29-13-19(20,21)22/h14-16H,4-13H2,1-3H3,(H2,23,24,25,26)/t14-,15+/m1/s1. The van der Waals surface area contributed by atoms with Gasteiger partial charge in [0.1, 0.15) is 6.61 Å². The van der Waals surface area contributed by atoms with Gasteiger partial charge in [0.15, 0.2) is 6.29 Å². The van der Waals surface area contributed by atoms with Gasteiger partial charge in [0.2, 0.25) is 9.75 Å². The van der Waals surface area contributed by atoms with Gasteiger partial charge in [0.05, 0.1) is 6.04 Å². The van der Waals surface area contributed by atoms with E-state index in [1.165, 1.54) is 25.7 Å². The van der Waals surface area contributed by atoms with Crippen LogP contribution in [0.5, 0.6) is 0 Å². The van der Waals surface area contributed by atoms with Crippen molar-refractivity contribution in [3.63, 3.8) is 0 Å². The molecule has 0 aromatic carbocycles. The van der Waals surface area contributed by atoms with Crippen LogP contribution in [0.4, 0.5) is 4.79 Å². The first kappa shape index (κ1) is 26.6. The Morgan fingerprint density at radius 3 is 2.52 bits per heavy atom. The van der Waals surface area contributed by atoms with Crippen LogP contribution < -0.4 is 10.6 Å². The second kappa shape index (κ2) is 14.5. The lowest BCUT2D eigenvalue weighted by Crippen LogP contribution is -2.51. The number of alkyl carbamates (subject to hydrolysis) is 1. The van der Waals surface area contributed by atoms with Gasteiger partial charge in [-0.25, -0.2) is 9.79 Å². The van der Waals surface area contributed by atoms with Crippen LogP contribution in [0.3, 0.4) is 0 Å². The van der Waals surface area contributed by atoms with Crippen molar-refractivity contribution in [1.29, 1.82) is 0 Å². The van der Waals surface area contributed by atoms with Crippen molar-refractivity contribution in [1.82, 2.24) is 10.6 Å². The molecule has 0 aromatic rings. The zero-order valence-corrected chi connectivity index (χ0v) is 19.8. The number of unbranched alkanes of at least 4 members (excludes halogenated alkanes) is 4. The number of amides is 1. The molecule has 0 aliphatic carbocycles. The maximum absolute atomic E-state index is 12.0. The molecule has 0 saturated carbocycles. The summed E-state index contributed by atoms with van der Waals surface area (Å²) < 4.78 is 13.8. The average Bonchev–Trinajstić information content (AvgIpc) is 2.66. The number of halogens is 3. The summed E-state index contributed by atoms with van der Waals surface area (Å²) in [5, 5.41) is 5.91. The Hall–Kier alpha value is -0.470. The number of aliphatic imine (C=N–C) groups is 1. The van der Waals surface area contributed by atoms with Gasteiger partial charge in [-0.2, -0.15) is 0 Å². The van der Waals surface area contributed by atoms with Crippen molar-refractivity contribution >= 4 is 46.9 Å². The van der Waals surface area contributed by atoms with Crippen LogP contribution in [0.2, 0.25) is 0 Å². The van der Waals surface area contributed by atoms with Crippen molar-refractivity contribution in [2.75, 3.05) is 20.8 Å². The predicted octanol–water partition coefficient (Wildman–Crippen LogP) is 4.93. The summed E-state index contributed by atoms with van der Waals surface area (Å²) in [5.74, 6) is 0.389. The number of rotatable bonds is 12. The second-order valence-corrected chi connectivity index (χ2v) is 9.72. The van der Waals surface area contributed by atoms with Gasteiger partial charge in [-0.05, 0) is 19.3 Å². The third-order valence-electron chi connectivity index (χ3n) is 4.71. The highest BCUT2D eigenvalue weighted by Gasteiger charge is 2.26. The van der Waals surface area contributed by atoms with Gasteiger partial charge in [-0.1, -0.05) is 73.8 Å². The molecular weight excluding hydrogens is 441 g/mol. The van der Waals surface area contributed by atoms with Crippen LogP contribution in [-0.4, -0.2) is 55.0 Å². The Morgan fingerprint density at radius 2 is 1.90 bits per heavy atom. The van der Waals surface area contributed by atoms with Gasteiger partial charge in [0.25, 0.3) is 0 Å². The number of methoxy groups -OCH3 is 2. The summed E-state index contributed by atoms with van der Waals surface area (Å²) in [6, 6.07) is 0.277. The number of hydrogen-bond donors (Lipinski definition) is 2. The third kappa shape index (κ3) is 12.7. The Bertz CT molecular complexity index is 500. The predicted molar refractivity (Wildman–Crippen MR) is 118 cm³/mol. The van der Waals surface area contributed by atoms with Gasteiger partial charge in [0, 0.05) is 26.7 Å². The number of hydrogen-bond acceptors (Lipinski definition) is 6. The molecule has 1 rings (SSSR count). The molecule has 1 amide bonds. The Kier molecular flexibility index (Phi) is 13.3. The summed E-state index contributed by atoms with van der Waals surface area (Å²) in [7, 11) is 3.24. The zero-order valence-electron chi connectivity index (χ0n) is 17.5. The molecule has 2 N–H and O–H groups in total. The normalized spacial score (nSPS) is 19.6. The monoisotopic (exact) mass is 473 g/mol. The lowest BCUT2D eigenvalue weighted by molar-refractivity contribution is -0.107. The van der Waals surface area contributed by atoms with E-state index in [0.717, 1.165) is 32.1 Å². The fourth-order valence-electron chi connectivity index (χ4n) is 3.23. The molecule has 0 unspecified atom stereocenters. The number of guanidine groups is 1. The fourth-order valence-corrected chi connectivity index (χ4v) is 3.39. The van der Waals surface area contributed by atoms with Crippen LogP contribution >= 0.6 is 34.8 Å². The van der Waals surface area contributed by atoms with E-state index in [1.807, 2.05) is 0 Å². The summed E-state index contributed by atoms with van der Waals surface area (Å²) in [4.78, 5) is 16.6. The SMILES string of the molecule is CCCCCCC[C@@H]1C[C@H](CCC(OC)OC)N=C(NC(=O)OCC(Cl)(Cl)Cl)N1. The van der Waals surface area contributed by atoms with Crippen LogP contribution in [-0.2, 0) is 14.2 Å². The van der Waals surface area contributed by atoms with Crippen molar-refractivity contribution in [3.8, 4) is 0 Å². The number of nitrogens with zero attached hydrogens (tertiary/aromatic N) is 1. The molecule has 0 fully saturated rings. The molecule has 1 aliphatic heterocycles. The van der Waals surface area contributed by atoms with E-state index in [1.54, 1.807) is 14.2 Å². The molecule has 0 spiro atoms. The Morgan fingerprint density at radius 1 is 1.21 bits per heavy atom. The third-order valence-corrected chi connectivity index (χ3v) is 5.04. The van der Waals surface area contributed by atoms with E-state index in [-0.39, 0.29) is 25.0 Å². The highest BCUT2D eigenvalue weighted by Crippen LogP contribution is 2.26. The minimum Gasteiger partial charge on any atom is -0.445 e. The number of carbonyl (C=O) groups is 1. The van der Waals surface area contributed by atoms with Crippen LogP contribution in [0, 0.1) is 0 Å². The quantitative estimate of drug-likeness (QED) is 0.238. The maximum Gasteiger partial charge on any atom is 0.414 e. The average molecular weight is 475 g/mol. The molecule has 0 radical (unpaired) electrons. The molecule has 1 heterocycles. The molecule has 29 heavy (non-hydrogen) atoms. The van der Waals surface area contributed by atoms with E-state index in [2.05, 4.69) is 22.5 Å². The van der Waals surface area contributed by atoms with E-state index in [4.69, 9.17) is 49.0 Å². The molecular formula is C19H34Cl3N3O4. The van der Waals surface area contributed by atoms with Gasteiger partial charge in [-0.3, -0.25) is 5.32 Å². The Labute approximate surface area is 189 Å². The molecule has 2 atom stereocenters. The van der Waals surface area contributed by atoms with Crippen molar-refractivity contribution in [2.45, 2.75) is 86.9 Å². The molecule has 0 bridgehead atoms. The Balaban J connectivity index is 2.61. The highest BCUT2D eigenvalue weighted by atomic mass is 35.6.